The van der Waals surface area contributed by atoms with Crippen LogP contribution in [0.3, 0.4) is 0 Å². The van der Waals surface area contributed by atoms with Crippen molar-refractivity contribution >= 4 is 21.7 Å². The van der Waals surface area contributed by atoms with Crippen molar-refractivity contribution in [2.75, 3.05) is 25.2 Å². The van der Waals surface area contributed by atoms with Crippen LogP contribution in [0, 0.1) is 23.2 Å². The van der Waals surface area contributed by atoms with E-state index in [-0.39, 0.29) is 41.4 Å². The molecule has 4 aliphatic carbocycles. The van der Waals surface area contributed by atoms with E-state index >= 15 is 0 Å². The van der Waals surface area contributed by atoms with Gasteiger partial charge in [-0.05, 0) is 62.7 Å². The van der Waals surface area contributed by atoms with Gasteiger partial charge >= 0.3 is 5.97 Å². The van der Waals surface area contributed by atoms with E-state index < -0.39 is 9.84 Å². The minimum Gasteiger partial charge on any atom is -0.455 e. The van der Waals surface area contributed by atoms with Crippen LogP contribution in [-0.2, 0) is 24.2 Å². The number of hydrogen-bond donors (Lipinski definition) is 0. The summed E-state index contributed by atoms with van der Waals surface area (Å²) in [6.45, 7) is -0.270. The van der Waals surface area contributed by atoms with E-state index in [0.29, 0.717) is 24.2 Å². The molecule has 1 heterocycles. The molecule has 1 saturated heterocycles. The highest BCUT2D eigenvalue weighted by atomic mass is 32.2. The van der Waals surface area contributed by atoms with Gasteiger partial charge in [-0.3, -0.25) is 9.59 Å². The smallest absolute Gasteiger partial charge is 0.312 e. The number of carbonyl (C=O) groups is 2. The average molecular weight is 369 g/mol. The monoisotopic (exact) mass is 369 g/mol. The van der Waals surface area contributed by atoms with Crippen LogP contribution in [-0.4, -0.2) is 56.4 Å². The summed E-state index contributed by atoms with van der Waals surface area (Å²) in [5.41, 5.74) is -0.357. The first kappa shape index (κ1) is 17.3. The number of carbonyl (C=O) groups excluding carboxylic acids is 2. The molecule has 0 N–H and O–H groups in total. The second-order valence-electron chi connectivity index (χ2n) is 8.84. The van der Waals surface area contributed by atoms with E-state index in [9.17, 15) is 18.0 Å². The van der Waals surface area contributed by atoms with E-state index in [2.05, 4.69) is 0 Å². The van der Waals surface area contributed by atoms with Crippen LogP contribution in [0.1, 0.15) is 44.9 Å². The minimum atomic E-state index is -3.04. The van der Waals surface area contributed by atoms with Crippen molar-refractivity contribution in [2.45, 2.75) is 51.0 Å². The van der Waals surface area contributed by atoms with Gasteiger partial charge < -0.3 is 9.64 Å². The van der Waals surface area contributed by atoms with Crippen LogP contribution in [0.5, 0.6) is 0 Å². The van der Waals surface area contributed by atoms with Crippen LogP contribution in [0.4, 0.5) is 0 Å². The molecule has 25 heavy (non-hydrogen) atoms. The summed E-state index contributed by atoms with van der Waals surface area (Å²) in [5.74, 6) is 1.59. The van der Waals surface area contributed by atoms with E-state index in [1.54, 1.807) is 7.05 Å². The summed E-state index contributed by atoms with van der Waals surface area (Å²) < 4.78 is 28.6. The molecule has 0 spiro atoms. The zero-order valence-electron chi connectivity index (χ0n) is 14.8. The topological polar surface area (TPSA) is 80.8 Å². The third-order valence-corrected chi connectivity index (χ3v) is 8.70. The largest absolute Gasteiger partial charge is 0.455 e. The molecule has 6 nitrogen and oxygen atoms in total. The third kappa shape index (κ3) is 3.20. The van der Waals surface area contributed by atoms with Gasteiger partial charge in [-0.2, -0.15) is 0 Å². The van der Waals surface area contributed by atoms with Gasteiger partial charge in [0.25, 0.3) is 5.91 Å². The van der Waals surface area contributed by atoms with E-state index in [4.69, 9.17) is 4.74 Å². The van der Waals surface area contributed by atoms with Gasteiger partial charge in [0.15, 0.2) is 16.4 Å². The number of ether oxygens (including phenoxy) is 1. The van der Waals surface area contributed by atoms with Gasteiger partial charge in [-0.1, -0.05) is 0 Å². The predicted octanol–water partition coefficient (Wildman–Crippen LogP) is 1.39. The lowest BCUT2D eigenvalue weighted by atomic mass is 9.49. The molecule has 7 heteroatoms. The Bertz CT molecular complexity index is 650. The summed E-state index contributed by atoms with van der Waals surface area (Å²) in [6, 6.07) is -0.296. The summed E-state index contributed by atoms with van der Waals surface area (Å²) >= 11 is 0. The number of amides is 1. The number of nitrogens with zero attached hydrogens (tertiary/aromatic N) is 1. The molecule has 0 unspecified atom stereocenters. The highest BCUT2D eigenvalue weighted by Crippen LogP contribution is 2.60. The molecule has 0 aromatic heterocycles. The van der Waals surface area contributed by atoms with Crippen LogP contribution in [0.15, 0.2) is 0 Å². The Morgan fingerprint density at radius 1 is 1.08 bits per heavy atom. The fraction of sp³-hybridized carbons (Fsp3) is 0.889. The maximum Gasteiger partial charge on any atom is 0.312 e. The molecule has 5 aliphatic rings. The molecular formula is C18H27NO5S. The molecule has 4 saturated carbocycles. The zero-order valence-corrected chi connectivity index (χ0v) is 15.6. The van der Waals surface area contributed by atoms with Crippen molar-refractivity contribution in [1.82, 2.24) is 4.90 Å². The highest BCUT2D eigenvalue weighted by Gasteiger charge is 2.55. The van der Waals surface area contributed by atoms with Gasteiger partial charge in [0.2, 0.25) is 0 Å². The number of sulfone groups is 1. The van der Waals surface area contributed by atoms with Crippen LogP contribution < -0.4 is 0 Å². The Morgan fingerprint density at radius 2 is 1.64 bits per heavy atom. The lowest BCUT2D eigenvalue weighted by Gasteiger charge is -2.55. The second-order valence-corrected chi connectivity index (χ2v) is 11.1. The molecule has 0 aromatic rings. The number of likely N-dealkylation sites (N-methyl/N-ethyl adjacent to an activating group) is 1. The van der Waals surface area contributed by atoms with Crippen molar-refractivity contribution < 1.29 is 22.7 Å². The van der Waals surface area contributed by atoms with E-state index in [0.717, 1.165) is 19.3 Å². The second kappa shape index (κ2) is 5.96. The van der Waals surface area contributed by atoms with Crippen molar-refractivity contribution in [3.05, 3.63) is 0 Å². The first-order valence-corrected chi connectivity index (χ1v) is 11.2. The fourth-order valence-corrected chi connectivity index (χ4v) is 7.80. The van der Waals surface area contributed by atoms with E-state index in [1.807, 2.05) is 0 Å². The standard InChI is InChI=1S/C18H27NO5S/c1-19(15-2-3-25(22,23)11-15)16(20)10-24-17(21)18-7-12-4-13(8-18)6-14(5-12)9-18/h12-15H,2-11H2,1H3/t12?,13?,14?,15-,18?/m1/s1. The molecule has 5 fully saturated rings. The van der Waals surface area contributed by atoms with Crippen LogP contribution >= 0.6 is 0 Å². The SMILES string of the molecule is CN(C(=O)COC(=O)C12CC3CC(CC(C3)C1)C2)[C@@H]1CCS(=O)(=O)C1. The normalized spacial score (nSPS) is 40.8. The quantitative estimate of drug-likeness (QED) is 0.700. The van der Waals surface area contributed by atoms with Crippen molar-refractivity contribution in [3.63, 3.8) is 0 Å². The Morgan fingerprint density at radius 3 is 2.12 bits per heavy atom. The molecule has 140 valence electrons. The lowest BCUT2D eigenvalue weighted by Crippen LogP contribution is -2.51. The lowest BCUT2D eigenvalue weighted by molar-refractivity contribution is -0.174. The van der Waals surface area contributed by atoms with Gasteiger partial charge in [-0.15, -0.1) is 0 Å². The van der Waals surface area contributed by atoms with Crippen molar-refractivity contribution in [1.29, 1.82) is 0 Å². The minimum absolute atomic E-state index is 0.0121. The van der Waals surface area contributed by atoms with Crippen LogP contribution in [0.25, 0.3) is 0 Å². The fourth-order valence-electron chi connectivity index (χ4n) is 6.03. The van der Waals surface area contributed by atoms with Gasteiger partial charge in [0.05, 0.1) is 16.9 Å². The molecule has 5 rings (SSSR count). The van der Waals surface area contributed by atoms with Gasteiger partial charge in [0.1, 0.15) is 0 Å². The third-order valence-electron chi connectivity index (χ3n) is 6.95. The Balaban J connectivity index is 1.34. The maximum atomic E-state index is 12.8. The number of esters is 1. The summed E-state index contributed by atoms with van der Waals surface area (Å²) in [6.07, 6.45) is 6.99. The number of rotatable bonds is 4. The first-order chi connectivity index (χ1) is 11.8. The Kier molecular flexibility index (Phi) is 4.13. The van der Waals surface area contributed by atoms with Crippen molar-refractivity contribution in [2.24, 2.45) is 23.2 Å². The predicted molar refractivity (Wildman–Crippen MR) is 91.4 cm³/mol. The molecule has 1 amide bonds. The molecule has 1 aliphatic heterocycles. The summed E-state index contributed by atoms with van der Waals surface area (Å²) in [5, 5.41) is 0. The highest BCUT2D eigenvalue weighted by molar-refractivity contribution is 7.91. The van der Waals surface area contributed by atoms with Gasteiger partial charge in [0, 0.05) is 13.1 Å². The molecular weight excluding hydrogens is 342 g/mol. The Labute approximate surface area is 149 Å². The maximum absolute atomic E-state index is 12.8. The van der Waals surface area contributed by atoms with Crippen molar-refractivity contribution in [3.8, 4) is 0 Å². The number of hydrogen-bond acceptors (Lipinski definition) is 5. The summed E-state index contributed by atoms with van der Waals surface area (Å²) in [7, 11) is -1.43. The van der Waals surface area contributed by atoms with Crippen LogP contribution in [0.2, 0.25) is 0 Å². The molecule has 0 radical (unpaired) electrons. The molecule has 4 bridgehead atoms. The Hall–Kier alpha value is -1.11. The average Bonchev–Trinajstić information content (AvgIpc) is 2.90. The zero-order chi connectivity index (χ0) is 17.8. The van der Waals surface area contributed by atoms with E-state index in [1.165, 1.54) is 24.2 Å². The molecule has 0 aromatic carbocycles. The molecule has 1 atom stereocenters. The van der Waals surface area contributed by atoms with Gasteiger partial charge in [-0.25, -0.2) is 8.42 Å². The summed E-state index contributed by atoms with van der Waals surface area (Å²) in [4.78, 5) is 26.5. The first-order valence-electron chi connectivity index (χ1n) is 9.40.